The quantitative estimate of drug-likeness (QED) is 0.661. The van der Waals surface area contributed by atoms with Gasteiger partial charge in [0.2, 0.25) is 0 Å². The summed E-state index contributed by atoms with van der Waals surface area (Å²) in [6.07, 6.45) is 0.299. The van der Waals surface area contributed by atoms with E-state index in [1.54, 1.807) is 18.2 Å². The lowest BCUT2D eigenvalue weighted by molar-refractivity contribution is 0.0993. The molecule has 2 aromatic rings. The Labute approximate surface area is 135 Å². The van der Waals surface area contributed by atoms with Crippen molar-refractivity contribution in [3.8, 4) is 0 Å². The van der Waals surface area contributed by atoms with E-state index in [2.05, 4.69) is 32.9 Å². The number of rotatable bonds is 3. The zero-order valence-corrected chi connectivity index (χ0v) is 13.9. The molecule has 0 saturated heterocycles. The molecule has 0 spiro atoms. The Bertz CT molecular complexity index is 632. The molecule has 2 aromatic carbocycles. The SMILES string of the molecule is CC(C)(C)c1ccc(CC(=O)c2c(Cl)cccc2Cl)cc1. The van der Waals surface area contributed by atoms with Crippen molar-refractivity contribution in [2.75, 3.05) is 0 Å². The predicted molar refractivity (Wildman–Crippen MR) is 89.6 cm³/mol. The molecule has 3 heteroatoms. The van der Waals surface area contributed by atoms with Gasteiger partial charge in [0.15, 0.2) is 5.78 Å². The van der Waals surface area contributed by atoms with Crippen LogP contribution in [0.4, 0.5) is 0 Å². The Morgan fingerprint density at radius 1 is 0.952 bits per heavy atom. The fraction of sp³-hybridized carbons (Fsp3) is 0.278. The van der Waals surface area contributed by atoms with E-state index in [1.165, 1.54) is 5.56 Å². The molecule has 0 unspecified atom stereocenters. The second kappa shape index (κ2) is 6.21. The van der Waals surface area contributed by atoms with Gasteiger partial charge in [-0.2, -0.15) is 0 Å². The maximum absolute atomic E-state index is 12.4. The fourth-order valence-electron chi connectivity index (χ4n) is 2.16. The zero-order chi connectivity index (χ0) is 15.6. The van der Waals surface area contributed by atoms with Crippen LogP contribution in [0.2, 0.25) is 10.0 Å². The smallest absolute Gasteiger partial charge is 0.170 e. The lowest BCUT2D eigenvalue weighted by atomic mass is 9.86. The molecular weight excluding hydrogens is 303 g/mol. The molecule has 110 valence electrons. The molecule has 2 rings (SSSR count). The summed E-state index contributed by atoms with van der Waals surface area (Å²) in [6, 6.07) is 13.2. The third-order valence-electron chi connectivity index (χ3n) is 3.43. The standard InChI is InChI=1S/C18H18Cl2O/c1-18(2,3)13-9-7-12(8-10-13)11-16(21)17-14(19)5-4-6-15(17)20/h4-10H,11H2,1-3H3. The molecule has 0 atom stereocenters. The van der Waals surface area contributed by atoms with Crippen LogP contribution in [0.5, 0.6) is 0 Å². The first kappa shape index (κ1) is 16.1. The number of ketones is 1. The minimum atomic E-state index is -0.0610. The van der Waals surface area contributed by atoms with E-state index in [4.69, 9.17) is 23.2 Å². The van der Waals surface area contributed by atoms with Crippen molar-refractivity contribution in [2.45, 2.75) is 32.6 Å². The first-order valence-electron chi connectivity index (χ1n) is 6.85. The first-order valence-corrected chi connectivity index (χ1v) is 7.61. The first-order chi connectivity index (χ1) is 9.79. The molecule has 1 nitrogen and oxygen atoms in total. The molecule has 0 aliphatic heterocycles. The molecule has 0 N–H and O–H groups in total. The molecule has 21 heavy (non-hydrogen) atoms. The Hall–Kier alpha value is -1.31. The lowest BCUT2D eigenvalue weighted by Crippen LogP contribution is -2.11. The van der Waals surface area contributed by atoms with Gasteiger partial charge in [0.05, 0.1) is 15.6 Å². The van der Waals surface area contributed by atoms with Crippen LogP contribution in [0.25, 0.3) is 0 Å². The summed E-state index contributed by atoms with van der Waals surface area (Å²) in [4.78, 5) is 12.4. The summed E-state index contributed by atoms with van der Waals surface area (Å²) in [5.74, 6) is -0.0610. The van der Waals surface area contributed by atoms with Gasteiger partial charge in [-0.1, -0.05) is 74.3 Å². The van der Waals surface area contributed by atoms with E-state index < -0.39 is 0 Å². The van der Waals surface area contributed by atoms with Gasteiger partial charge in [-0.05, 0) is 28.7 Å². The third-order valence-corrected chi connectivity index (χ3v) is 4.06. The van der Waals surface area contributed by atoms with Gasteiger partial charge in [0.25, 0.3) is 0 Å². The van der Waals surface area contributed by atoms with Gasteiger partial charge < -0.3 is 0 Å². The van der Waals surface area contributed by atoms with E-state index in [1.807, 2.05) is 12.1 Å². The number of hydrogen-bond donors (Lipinski definition) is 0. The maximum Gasteiger partial charge on any atom is 0.170 e. The number of carbonyl (C=O) groups excluding carboxylic acids is 1. The molecule has 0 radical (unpaired) electrons. The van der Waals surface area contributed by atoms with Crippen LogP contribution in [-0.4, -0.2) is 5.78 Å². The van der Waals surface area contributed by atoms with Crippen LogP contribution in [0.15, 0.2) is 42.5 Å². The molecular formula is C18H18Cl2O. The molecule has 0 amide bonds. The highest BCUT2D eigenvalue weighted by Crippen LogP contribution is 2.26. The minimum Gasteiger partial charge on any atom is -0.294 e. The third kappa shape index (κ3) is 3.87. The summed E-state index contributed by atoms with van der Waals surface area (Å²) in [5.41, 5.74) is 2.72. The maximum atomic E-state index is 12.4. The van der Waals surface area contributed by atoms with Crippen LogP contribution in [-0.2, 0) is 11.8 Å². The molecule has 0 bridgehead atoms. The van der Waals surface area contributed by atoms with E-state index in [0.29, 0.717) is 22.0 Å². The topological polar surface area (TPSA) is 17.1 Å². The van der Waals surface area contributed by atoms with Crippen molar-refractivity contribution in [2.24, 2.45) is 0 Å². The van der Waals surface area contributed by atoms with Gasteiger partial charge in [-0.25, -0.2) is 0 Å². The van der Waals surface area contributed by atoms with Crippen LogP contribution < -0.4 is 0 Å². The van der Waals surface area contributed by atoms with Gasteiger partial charge in [0, 0.05) is 6.42 Å². The molecule has 0 heterocycles. The monoisotopic (exact) mass is 320 g/mol. The van der Waals surface area contributed by atoms with Gasteiger partial charge >= 0.3 is 0 Å². The highest BCUT2D eigenvalue weighted by Gasteiger charge is 2.16. The molecule has 0 fully saturated rings. The number of hydrogen-bond acceptors (Lipinski definition) is 1. The van der Waals surface area contributed by atoms with E-state index >= 15 is 0 Å². The van der Waals surface area contributed by atoms with Crippen molar-refractivity contribution < 1.29 is 4.79 Å². The van der Waals surface area contributed by atoms with Crippen LogP contribution in [0, 0.1) is 0 Å². The molecule has 0 aromatic heterocycles. The molecule has 0 aliphatic rings. The van der Waals surface area contributed by atoms with Gasteiger partial charge in [-0.3, -0.25) is 4.79 Å². The fourth-order valence-corrected chi connectivity index (χ4v) is 2.77. The Kier molecular flexibility index (Phi) is 4.75. The van der Waals surface area contributed by atoms with E-state index in [0.717, 1.165) is 5.56 Å². The minimum absolute atomic E-state index is 0.0610. The average Bonchev–Trinajstić information content (AvgIpc) is 2.38. The van der Waals surface area contributed by atoms with Crippen LogP contribution >= 0.6 is 23.2 Å². The highest BCUT2D eigenvalue weighted by atomic mass is 35.5. The summed E-state index contributed by atoms with van der Waals surface area (Å²) >= 11 is 12.1. The van der Waals surface area contributed by atoms with E-state index in [9.17, 15) is 4.79 Å². The molecule has 0 saturated carbocycles. The number of halogens is 2. The zero-order valence-electron chi connectivity index (χ0n) is 12.4. The van der Waals surface area contributed by atoms with Crippen LogP contribution in [0.3, 0.4) is 0 Å². The van der Waals surface area contributed by atoms with Crippen molar-refractivity contribution in [1.82, 2.24) is 0 Å². The lowest BCUT2D eigenvalue weighted by Gasteiger charge is -2.19. The second-order valence-corrected chi connectivity index (χ2v) is 6.96. The number of benzene rings is 2. The normalized spacial score (nSPS) is 11.5. The van der Waals surface area contributed by atoms with Gasteiger partial charge in [-0.15, -0.1) is 0 Å². The predicted octanol–water partition coefficient (Wildman–Crippen LogP) is 5.72. The Balaban J connectivity index is 2.21. The average molecular weight is 321 g/mol. The number of Topliss-reactive ketones (excluding diaryl/α,β-unsaturated/α-hetero) is 1. The van der Waals surface area contributed by atoms with Crippen molar-refractivity contribution in [3.05, 3.63) is 69.2 Å². The van der Waals surface area contributed by atoms with Crippen molar-refractivity contribution >= 4 is 29.0 Å². The Morgan fingerprint density at radius 3 is 1.95 bits per heavy atom. The largest absolute Gasteiger partial charge is 0.294 e. The van der Waals surface area contributed by atoms with Crippen LogP contribution in [0.1, 0.15) is 42.3 Å². The van der Waals surface area contributed by atoms with E-state index in [-0.39, 0.29) is 11.2 Å². The summed E-state index contributed by atoms with van der Waals surface area (Å²) in [7, 11) is 0. The molecule has 0 aliphatic carbocycles. The van der Waals surface area contributed by atoms with Gasteiger partial charge in [0.1, 0.15) is 0 Å². The summed E-state index contributed by atoms with van der Waals surface area (Å²) in [6.45, 7) is 6.49. The van der Waals surface area contributed by atoms with Crippen molar-refractivity contribution in [3.63, 3.8) is 0 Å². The summed E-state index contributed by atoms with van der Waals surface area (Å²) in [5, 5.41) is 0.803. The second-order valence-electron chi connectivity index (χ2n) is 6.14. The highest BCUT2D eigenvalue weighted by molar-refractivity contribution is 6.39. The summed E-state index contributed by atoms with van der Waals surface area (Å²) < 4.78 is 0. The Morgan fingerprint density at radius 2 is 1.48 bits per heavy atom. The van der Waals surface area contributed by atoms with Crippen molar-refractivity contribution in [1.29, 1.82) is 0 Å². The number of carbonyl (C=O) groups is 1.